The number of hydrogen-bond donors (Lipinski definition) is 2. The molecule has 1 heterocycles. The maximum Gasteiger partial charge on any atom is 0.425 e. The molecule has 4 nitrogen and oxygen atoms in total. The van der Waals surface area contributed by atoms with Gasteiger partial charge in [0, 0.05) is 6.04 Å². The molecule has 4 aliphatic carbocycles. The van der Waals surface area contributed by atoms with E-state index in [0.29, 0.717) is 17.8 Å². The number of halogens is 3. The zero-order valence-electron chi connectivity index (χ0n) is 15.4. The van der Waals surface area contributed by atoms with Crippen molar-refractivity contribution in [3.05, 3.63) is 24.2 Å². The minimum Gasteiger partial charge on any atom is -0.466 e. The highest BCUT2D eigenvalue weighted by atomic mass is 19.4. The van der Waals surface area contributed by atoms with Crippen molar-refractivity contribution in [1.82, 2.24) is 5.32 Å². The van der Waals surface area contributed by atoms with Gasteiger partial charge < -0.3 is 14.8 Å². The predicted octanol–water partition coefficient (Wildman–Crippen LogP) is 4.14. The Hall–Kier alpha value is -1.50. The summed E-state index contributed by atoms with van der Waals surface area (Å²) in [6.07, 6.45) is 1.85. The lowest BCUT2D eigenvalue weighted by atomic mass is 9.48. The average molecular weight is 385 g/mol. The maximum absolute atomic E-state index is 13.5. The summed E-state index contributed by atoms with van der Waals surface area (Å²) in [7, 11) is 0. The molecule has 0 spiro atoms. The van der Waals surface area contributed by atoms with Gasteiger partial charge in [-0.2, -0.15) is 13.2 Å². The molecule has 150 valence electrons. The van der Waals surface area contributed by atoms with E-state index in [9.17, 15) is 23.1 Å². The molecular formula is C20H26F3NO3. The van der Waals surface area contributed by atoms with Crippen LogP contribution in [0.15, 0.2) is 22.8 Å². The molecule has 4 saturated carbocycles. The average Bonchev–Trinajstić information content (AvgIpc) is 3.07. The van der Waals surface area contributed by atoms with Crippen LogP contribution in [-0.2, 0) is 10.4 Å². The first-order chi connectivity index (χ1) is 12.6. The van der Waals surface area contributed by atoms with Crippen LogP contribution in [0.25, 0.3) is 0 Å². The van der Waals surface area contributed by atoms with Crippen LogP contribution in [0.4, 0.5) is 13.2 Å². The van der Waals surface area contributed by atoms with Crippen molar-refractivity contribution < 1.29 is 27.5 Å². The van der Waals surface area contributed by atoms with Crippen molar-refractivity contribution in [2.24, 2.45) is 23.2 Å². The highest BCUT2D eigenvalue weighted by Gasteiger charge is 2.59. The molecule has 5 rings (SSSR count). The summed E-state index contributed by atoms with van der Waals surface area (Å²) < 4.78 is 45.2. The number of nitrogens with one attached hydrogen (secondary N) is 1. The smallest absolute Gasteiger partial charge is 0.425 e. The fraction of sp³-hybridized carbons (Fsp3) is 0.750. The summed E-state index contributed by atoms with van der Waals surface area (Å²) in [4.78, 5) is 12.5. The maximum atomic E-state index is 13.5. The topological polar surface area (TPSA) is 62.5 Å². The second kappa shape index (κ2) is 6.26. The van der Waals surface area contributed by atoms with Crippen molar-refractivity contribution >= 4 is 5.91 Å². The highest BCUT2D eigenvalue weighted by molar-refractivity contribution is 5.77. The van der Waals surface area contributed by atoms with Gasteiger partial charge in [0.1, 0.15) is 5.76 Å². The van der Waals surface area contributed by atoms with Crippen LogP contribution in [-0.4, -0.2) is 23.2 Å². The van der Waals surface area contributed by atoms with Crippen LogP contribution < -0.4 is 5.32 Å². The second-order valence-electron chi connectivity index (χ2n) is 9.08. The van der Waals surface area contributed by atoms with E-state index in [1.807, 2.05) is 6.92 Å². The monoisotopic (exact) mass is 385 g/mol. The van der Waals surface area contributed by atoms with Gasteiger partial charge in [-0.3, -0.25) is 4.79 Å². The molecule has 2 atom stereocenters. The summed E-state index contributed by atoms with van der Waals surface area (Å²) in [6, 6.07) is 2.11. The van der Waals surface area contributed by atoms with Gasteiger partial charge in [-0.25, -0.2) is 0 Å². The first-order valence-electron chi connectivity index (χ1n) is 9.74. The van der Waals surface area contributed by atoms with Gasteiger partial charge in [-0.1, -0.05) is 0 Å². The molecule has 0 saturated heterocycles. The Morgan fingerprint density at radius 2 is 1.81 bits per heavy atom. The van der Waals surface area contributed by atoms with E-state index in [-0.39, 0.29) is 11.5 Å². The van der Waals surface area contributed by atoms with Crippen LogP contribution in [0.5, 0.6) is 0 Å². The van der Waals surface area contributed by atoms with Crippen LogP contribution >= 0.6 is 0 Å². The van der Waals surface area contributed by atoms with E-state index in [4.69, 9.17) is 4.42 Å². The van der Waals surface area contributed by atoms with Crippen LogP contribution in [0.2, 0.25) is 0 Å². The number of aliphatic hydroxyl groups is 1. The van der Waals surface area contributed by atoms with E-state index >= 15 is 0 Å². The van der Waals surface area contributed by atoms with Crippen molar-refractivity contribution in [1.29, 1.82) is 0 Å². The molecule has 4 bridgehead atoms. The Morgan fingerprint density at radius 3 is 2.26 bits per heavy atom. The molecule has 1 aromatic rings. The Bertz CT molecular complexity index is 665. The second-order valence-corrected chi connectivity index (χ2v) is 9.08. The quantitative estimate of drug-likeness (QED) is 0.801. The van der Waals surface area contributed by atoms with Gasteiger partial charge in [-0.15, -0.1) is 0 Å². The first kappa shape index (κ1) is 18.8. The number of alkyl halides is 3. The van der Waals surface area contributed by atoms with Gasteiger partial charge in [0.15, 0.2) is 0 Å². The van der Waals surface area contributed by atoms with Crippen molar-refractivity contribution in [3.8, 4) is 0 Å². The molecule has 2 N–H and O–H groups in total. The van der Waals surface area contributed by atoms with Gasteiger partial charge >= 0.3 is 6.18 Å². The molecule has 1 amide bonds. The summed E-state index contributed by atoms with van der Waals surface area (Å²) in [5.41, 5.74) is -3.33. The van der Waals surface area contributed by atoms with E-state index < -0.39 is 29.9 Å². The van der Waals surface area contributed by atoms with E-state index in [0.717, 1.165) is 31.6 Å². The Kier molecular flexibility index (Phi) is 4.37. The fourth-order valence-electron chi connectivity index (χ4n) is 6.23. The lowest BCUT2D eigenvalue weighted by Gasteiger charge is -2.59. The lowest BCUT2D eigenvalue weighted by Crippen LogP contribution is -2.56. The van der Waals surface area contributed by atoms with Gasteiger partial charge in [0.25, 0.3) is 0 Å². The molecule has 0 aliphatic heterocycles. The van der Waals surface area contributed by atoms with E-state index in [1.165, 1.54) is 25.3 Å². The molecule has 4 aliphatic rings. The number of carbonyl (C=O) groups excluding carboxylic acids is 1. The molecule has 27 heavy (non-hydrogen) atoms. The summed E-state index contributed by atoms with van der Waals surface area (Å²) in [5, 5.41) is 13.0. The number of rotatable bonds is 5. The van der Waals surface area contributed by atoms with Gasteiger partial charge in [0.2, 0.25) is 11.5 Å². The molecule has 1 aromatic heterocycles. The SMILES string of the molecule is C[C@@H](NC(=O)C[C@](O)(c1ccco1)C(F)(F)F)C12CC3CC(CC(C3)C1)C2. The number of hydrogen-bond acceptors (Lipinski definition) is 3. The van der Waals surface area contributed by atoms with Crippen LogP contribution in [0.3, 0.4) is 0 Å². The van der Waals surface area contributed by atoms with E-state index in [1.54, 1.807) is 0 Å². The third kappa shape index (κ3) is 3.18. The number of amides is 1. The van der Waals surface area contributed by atoms with Crippen LogP contribution in [0, 0.1) is 23.2 Å². The molecule has 0 radical (unpaired) electrons. The minimum atomic E-state index is -5.01. The summed E-state index contributed by atoms with van der Waals surface area (Å²) in [6.45, 7) is 1.91. The standard InChI is InChI=1S/C20H26F3NO3/c1-12(18-8-13-5-14(9-18)7-15(6-13)10-18)24-17(25)11-19(26,20(21,22)23)16-3-2-4-27-16/h2-4,12-15,26H,5-11H2,1H3,(H,24,25)/t12-,13?,14?,15?,18?,19+/m1/s1. The number of carbonyl (C=O) groups is 1. The zero-order chi connectivity index (χ0) is 19.4. The molecule has 0 unspecified atom stereocenters. The van der Waals surface area contributed by atoms with Gasteiger partial charge in [0.05, 0.1) is 12.7 Å². The molecular weight excluding hydrogens is 359 g/mol. The normalized spacial score (nSPS) is 35.7. The third-order valence-electron chi connectivity index (χ3n) is 7.20. The van der Waals surface area contributed by atoms with E-state index in [2.05, 4.69) is 5.32 Å². The molecule has 4 fully saturated rings. The van der Waals surface area contributed by atoms with Crippen molar-refractivity contribution in [2.45, 2.75) is 69.7 Å². The minimum absolute atomic E-state index is 0.00849. The fourth-order valence-corrected chi connectivity index (χ4v) is 6.23. The Labute approximate surface area is 156 Å². The largest absolute Gasteiger partial charge is 0.466 e. The summed E-state index contributed by atoms with van der Waals surface area (Å²) >= 11 is 0. The molecule has 7 heteroatoms. The first-order valence-corrected chi connectivity index (χ1v) is 9.74. The third-order valence-corrected chi connectivity index (χ3v) is 7.20. The zero-order valence-corrected chi connectivity index (χ0v) is 15.4. The molecule has 0 aromatic carbocycles. The van der Waals surface area contributed by atoms with Crippen LogP contribution in [0.1, 0.15) is 57.6 Å². The number of furan rings is 1. The lowest BCUT2D eigenvalue weighted by molar-refractivity contribution is -0.273. The Balaban J connectivity index is 1.47. The van der Waals surface area contributed by atoms with Gasteiger partial charge in [-0.05, 0) is 80.8 Å². The predicted molar refractivity (Wildman–Crippen MR) is 91.5 cm³/mol. The summed E-state index contributed by atoms with van der Waals surface area (Å²) in [5.74, 6) is 0.601. The highest BCUT2D eigenvalue weighted by Crippen LogP contribution is 2.61. The Morgan fingerprint density at radius 1 is 1.26 bits per heavy atom. The van der Waals surface area contributed by atoms with Crippen molar-refractivity contribution in [3.63, 3.8) is 0 Å². The van der Waals surface area contributed by atoms with Crippen molar-refractivity contribution in [2.75, 3.05) is 0 Å².